The van der Waals surface area contributed by atoms with Gasteiger partial charge in [0.1, 0.15) is 36.2 Å². The van der Waals surface area contributed by atoms with Crippen molar-refractivity contribution in [1.82, 2.24) is 14.8 Å². The number of nitrogens with zero attached hydrogens (tertiary/aromatic N) is 3. The molecule has 1 aromatic heterocycles. The van der Waals surface area contributed by atoms with E-state index in [0.717, 1.165) is 16.5 Å². The highest BCUT2D eigenvalue weighted by Gasteiger charge is 2.34. The molecule has 0 fully saturated rings. The summed E-state index contributed by atoms with van der Waals surface area (Å²) in [6, 6.07) is 26.9. The molecule has 5 aromatic rings. The van der Waals surface area contributed by atoms with Crippen LogP contribution >= 0.6 is 0 Å². The summed E-state index contributed by atoms with van der Waals surface area (Å²) < 4.78 is 18.8. The number of rotatable bonds is 8. The molecule has 0 radical (unpaired) electrons. The predicted molar refractivity (Wildman–Crippen MR) is 157 cm³/mol. The van der Waals surface area contributed by atoms with Gasteiger partial charge < -0.3 is 24.8 Å². The van der Waals surface area contributed by atoms with E-state index in [9.17, 15) is 4.79 Å². The molecule has 0 unspecified atom stereocenters. The minimum Gasteiger partial charge on any atom is -0.497 e. The highest BCUT2D eigenvalue weighted by molar-refractivity contribution is 6.06. The van der Waals surface area contributed by atoms with Gasteiger partial charge >= 0.3 is 0 Å². The van der Waals surface area contributed by atoms with E-state index in [0.29, 0.717) is 46.8 Å². The second-order valence-corrected chi connectivity index (χ2v) is 9.61. The largest absolute Gasteiger partial charge is 0.497 e. The number of aromatic nitrogens is 3. The Hall–Kier alpha value is -5.31. The summed E-state index contributed by atoms with van der Waals surface area (Å²) >= 11 is 0. The molecule has 2 heterocycles. The lowest BCUT2D eigenvalue weighted by Gasteiger charge is -2.29. The molecule has 0 bridgehead atoms. The van der Waals surface area contributed by atoms with Crippen molar-refractivity contribution in [2.75, 3.05) is 24.9 Å². The Morgan fingerprint density at radius 1 is 0.951 bits per heavy atom. The number of nitrogens with one attached hydrogen (secondary N) is 2. The molecule has 1 aliphatic heterocycles. The molecular formula is C32H29N5O4. The summed E-state index contributed by atoms with van der Waals surface area (Å²) in [5, 5.41) is 13.0. The zero-order valence-corrected chi connectivity index (χ0v) is 22.9. The minimum absolute atomic E-state index is 0.299. The van der Waals surface area contributed by atoms with Gasteiger partial charge in [-0.1, -0.05) is 54.6 Å². The number of amides is 1. The maximum absolute atomic E-state index is 13.8. The number of hydrogen-bond donors (Lipinski definition) is 2. The Balaban J connectivity index is 1.31. The van der Waals surface area contributed by atoms with Gasteiger partial charge in [-0.3, -0.25) is 4.79 Å². The Labute approximate surface area is 237 Å². The fourth-order valence-corrected chi connectivity index (χ4v) is 5.14. The van der Waals surface area contributed by atoms with Crippen molar-refractivity contribution in [3.8, 4) is 17.2 Å². The lowest BCUT2D eigenvalue weighted by molar-refractivity contribution is -0.113. The number of anilines is 2. The molecule has 0 aliphatic carbocycles. The quantitative estimate of drug-likeness (QED) is 0.247. The van der Waals surface area contributed by atoms with E-state index in [1.807, 2.05) is 49.4 Å². The first kappa shape index (κ1) is 25.9. The van der Waals surface area contributed by atoms with Crippen LogP contribution in [0.1, 0.15) is 24.1 Å². The minimum atomic E-state index is -0.543. The average Bonchev–Trinajstić information content (AvgIpc) is 3.47. The van der Waals surface area contributed by atoms with Gasteiger partial charge in [-0.05, 0) is 53.1 Å². The summed E-state index contributed by atoms with van der Waals surface area (Å²) in [4.78, 5) is 18.2. The second-order valence-electron chi connectivity index (χ2n) is 9.61. The van der Waals surface area contributed by atoms with Crippen LogP contribution in [0.4, 0.5) is 11.6 Å². The molecular weight excluding hydrogens is 518 g/mol. The first-order valence-electron chi connectivity index (χ1n) is 13.2. The van der Waals surface area contributed by atoms with E-state index >= 15 is 0 Å². The number of ether oxygens (including phenoxy) is 3. The van der Waals surface area contributed by atoms with Crippen LogP contribution in [-0.2, 0) is 11.4 Å². The van der Waals surface area contributed by atoms with Crippen LogP contribution in [0.3, 0.4) is 0 Å². The monoisotopic (exact) mass is 547 g/mol. The maximum Gasteiger partial charge on any atom is 0.255 e. The summed E-state index contributed by atoms with van der Waals surface area (Å²) in [5.74, 6) is 2.05. The van der Waals surface area contributed by atoms with Crippen LogP contribution in [0.15, 0.2) is 103 Å². The van der Waals surface area contributed by atoms with Gasteiger partial charge in [0.2, 0.25) is 5.95 Å². The number of methoxy groups -OCH3 is 2. The van der Waals surface area contributed by atoms with Crippen molar-refractivity contribution < 1.29 is 19.0 Å². The first-order chi connectivity index (χ1) is 20.1. The van der Waals surface area contributed by atoms with Crippen LogP contribution in [0, 0.1) is 0 Å². The lowest BCUT2D eigenvalue weighted by atomic mass is 9.94. The second kappa shape index (κ2) is 11.1. The summed E-state index contributed by atoms with van der Waals surface area (Å²) in [5.41, 5.74) is 3.61. The Morgan fingerprint density at radius 3 is 2.63 bits per heavy atom. The number of benzene rings is 4. The summed E-state index contributed by atoms with van der Waals surface area (Å²) in [6.07, 6.45) is 1.47. The molecule has 41 heavy (non-hydrogen) atoms. The van der Waals surface area contributed by atoms with Crippen molar-refractivity contribution >= 4 is 28.3 Å². The molecule has 1 aliphatic rings. The van der Waals surface area contributed by atoms with Crippen LogP contribution in [0.25, 0.3) is 10.8 Å². The molecule has 4 aromatic carbocycles. The standard InChI is InChI=1S/C32H29N5O4/c1-20-29(31(38)36-27-15-14-24(39-2)17-28(27)40-3)30(37-32(35-20)33-19-34-37)22-10-7-12-25(16-22)41-18-23-11-6-9-21-8-4-5-13-26(21)23/h4-17,19,30H,18H2,1-3H3,(H,36,38)(H,33,34,35)/t30-/m1/s1. The Kier molecular flexibility index (Phi) is 6.99. The highest BCUT2D eigenvalue weighted by Crippen LogP contribution is 2.37. The van der Waals surface area contributed by atoms with E-state index in [2.05, 4.69) is 45.0 Å². The van der Waals surface area contributed by atoms with Crippen molar-refractivity contribution in [1.29, 1.82) is 0 Å². The van der Waals surface area contributed by atoms with Gasteiger partial charge in [-0.25, -0.2) is 4.68 Å². The molecule has 1 amide bonds. The third-order valence-corrected chi connectivity index (χ3v) is 7.14. The molecule has 206 valence electrons. The molecule has 1 atom stereocenters. The van der Waals surface area contributed by atoms with Gasteiger partial charge in [-0.15, -0.1) is 0 Å². The van der Waals surface area contributed by atoms with Crippen molar-refractivity contribution in [3.05, 3.63) is 114 Å². The average molecular weight is 548 g/mol. The molecule has 9 heteroatoms. The van der Waals surface area contributed by atoms with E-state index in [4.69, 9.17) is 14.2 Å². The summed E-state index contributed by atoms with van der Waals surface area (Å²) in [6.45, 7) is 2.26. The van der Waals surface area contributed by atoms with Crippen LogP contribution in [0.2, 0.25) is 0 Å². The fourth-order valence-electron chi connectivity index (χ4n) is 5.14. The molecule has 0 saturated carbocycles. The zero-order chi connectivity index (χ0) is 28.3. The van der Waals surface area contributed by atoms with Crippen molar-refractivity contribution in [2.24, 2.45) is 0 Å². The molecule has 9 nitrogen and oxygen atoms in total. The number of carbonyl (C=O) groups is 1. The molecule has 6 rings (SSSR count). The van der Waals surface area contributed by atoms with Crippen LogP contribution < -0.4 is 24.8 Å². The fraction of sp³-hybridized carbons (Fsp3) is 0.156. The van der Waals surface area contributed by atoms with Crippen molar-refractivity contribution in [2.45, 2.75) is 19.6 Å². The van der Waals surface area contributed by atoms with Crippen LogP contribution in [-0.4, -0.2) is 34.9 Å². The third kappa shape index (κ3) is 5.05. The van der Waals surface area contributed by atoms with E-state index in [1.165, 1.54) is 11.7 Å². The first-order valence-corrected chi connectivity index (χ1v) is 13.2. The Bertz CT molecular complexity index is 1770. The number of hydrogen-bond acceptors (Lipinski definition) is 7. The number of carbonyl (C=O) groups excluding carboxylic acids is 1. The van der Waals surface area contributed by atoms with Crippen LogP contribution in [0.5, 0.6) is 17.2 Å². The van der Waals surface area contributed by atoms with Gasteiger partial charge in [-0.2, -0.15) is 10.1 Å². The van der Waals surface area contributed by atoms with E-state index < -0.39 is 6.04 Å². The zero-order valence-electron chi connectivity index (χ0n) is 22.9. The maximum atomic E-state index is 13.8. The SMILES string of the molecule is COc1ccc(NC(=O)C2=C(C)Nc3ncnn3[C@@H]2c2cccc(OCc3cccc4ccccc34)c2)c(OC)c1. The highest BCUT2D eigenvalue weighted by atomic mass is 16.5. The molecule has 0 saturated heterocycles. The topological polar surface area (TPSA) is 99.5 Å². The van der Waals surface area contributed by atoms with Gasteiger partial charge in [0.05, 0.1) is 25.5 Å². The van der Waals surface area contributed by atoms with Gasteiger partial charge in [0.15, 0.2) is 0 Å². The smallest absolute Gasteiger partial charge is 0.255 e. The lowest BCUT2D eigenvalue weighted by Crippen LogP contribution is -2.31. The van der Waals surface area contributed by atoms with Gasteiger partial charge in [0.25, 0.3) is 5.91 Å². The third-order valence-electron chi connectivity index (χ3n) is 7.14. The number of fused-ring (bicyclic) bond motifs is 2. The van der Waals surface area contributed by atoms with Crippen molar-refractivity contribution in [3.63, 3.8) is 0 Å². The van der Waals surface area contributed by atoms with E-state index in [1.54, 1.807) is 37.1 Å². The predicted octanol–water partition coefficient (Wildman–Crippen LogP) is 5.96. The molecule has 2 N–H and O–H groups in total. The number of allylic oxidation sites excluding steroid dienone is 1. The summed E-state index contributed by atoms with van der Waals surface area (Å²) in [7, 11) is 3.13. The van der Waals surface area contributed by atoms with E-state index in [-0.39, 0.29) is 5.91 Å². The van der Waals surface area contributed by atoms with Gasteiger partial charge in [0, 0.05) is 11.8 Å². The molecule has 0 spiro atoms. The normalized spacial score (nSPS) is 14.3. The Morgan fingerprint density at radius 2 is 1.78 bits per heavy atom.